The number of methoxy groups -OCH3 is 2. The number of hydrogen-bond donors (Lipinski definition) is 3. The zero-order valence-electron chi connectivity index (χ0n) is 14.8. The lowest BCUT2D eigenvalue weighted by atomic mass is 10.1. The van der Waals surface area contributed by atoms with Crippen molar-refractivity contribution in [2.75, 3.05) is 31.0 Å². The molecular formula is C20H22N4O2. The Kier molecular flexibility index (Phi) is 5.12. The highest BCUT2D eigenvalue weighted by Gasteiger charge is 2.09. The third kappa shape index (κ3) is 3.80. The molecule has 2 aromatic carbocycles. The molecule has 26 heavy (non-hydrogen) atoms. The molecule has 3 aromatic rings. The first kappa shape index (κ1) is 17.4. The number of nitrogens with two attached hydrogens (primary N) is 2. The van der Waals surface area contributed by atoms with Crippen LogP contribution in [-0.4, -0.2) is 19.2 Å². The number of nitrogens with zero attached hydrogens (tertiary/aromatic N) is 1. The molecule has 0 radical (unpaired) electrons. The highest BCUT2D eigenvalue weighted by molar-refractivity contribution is 5.70. The molecule has 5 N–H and O–H groups in total. The minimum atomic E-state index is 0.431. The van der Waals surface area contributed by atoms with Gasteiger partial charge in [-0.25, -0.2) is 4.98 Å². The van der Waals surface area contributed by atoms with Crippen molar-refractivity contribution in [3.05, 3.63) is 60.2 Å². The lowest BCUT2D eigenvalue weighted by Gasteiger charge is -2.12. The van der Waals surface area contributed by atoms with Crippen molar-refractivity contribution in [3.8, 4) is 22.8 Å². The molecule has 0 aliphatic heterocycles. The van der Waals surface area contributed by atoms with Gasteiger partial charge in [0.2, 0.25) is 0 Å². The van der Waals surface area contributed by atoms with Crippen LogP contribution in [0, 0.1) is 0 Å². The van der Waals surface area contributed by atoms with E-state index in [4.69, 9.17) is 20.9 Å². The van der Waals surface area contributed by atoms with Crippen molar-refractivity contribution in [2.45, 2.75) is 6.54 Å². The number of rotatable bonds is 6. The Labute approximate surface area is 152 Å². The molecule has 0 saturated heterocycles. The van der Waals surface area contributed by atoms with Gasteiger partial charge in [-0.2, -0.15) is 0 Å². The molecule has 6 heteroatoms. The van der Waals surface area contributed by atoms with Crippen molar-refractivity contribution in [3.63, 3.8) is 0 Å². The highest BCUT2D eigenvalue weighted by Crippen LogP contribution is 2.32. The van der Waals surface area contributed by atoms with E-state index in [1.807, 2.05) is 48.5 Å². The number of hydrogen-bond acceptors (Lipinski definition) is 6. The second-order valence-electron chi connectivity index (χ2n) is 5.79. The highest BCUT2D eigenvalue weighted by atomic mass is 16.5. The summed E-state index contributed by atoms with van der Waals surface area (Å²) in [6.45, 7) is 0.599. The summed E-state index contributed by atoms with van der Waals surface area (Å²) in [6.07, 6.45) is 0. The summed E-state index contributed by atoms with van der Waals surface area (Å²) in [4.78, 5) is 4.42. The van der Waals surface area contributed by atoms with Gasteiger partial charge in [0, 0.05) is 29.5 Å². The summed E-state index contributed by atoms with van der Waals surface area (Å²) in [6, 6.07) is 17.1. The molecular weight excluding hydrogens is 328 g/mol. The molecule has 0 spiro atoms. The Morgan fingerprint density at radius 1 is 0.923 bits per heavy atom. The predicted molar refractivity (Wildman–Crippen MR) is 105 cm³/mol. The van der Waals surface area contributed by atoms with Gasteiger partial charge in [0.05, 0.1) is 19.9 Å². The van der Waals surface area contributed by atoms with Crippen molar-refractivity contribution in [2.24, 2.45) is 0 Å². The van der Waals surface area contributed by atoms with Crippen molar-refractivity contribution in [1.29, 1.82) is 0 Å². The monoisotopic (exact) mass is 350 g/mol. The number of pyridine rings is 1. The first-order chi connectivity index (χ1) is 12.6. The van der Waals surface area contributed by atoms with Crippen LogP contribution < -0.4 is 26.3 Å². The maximum absolute atomic E-state index is 5.99. The lowest BCUT2D eigenvalue weighted by molar-refractivity contribution is 0.355. The average molecular weight is 350 g/mol. The Morgan fingerprint density at radius 3 is 2.42 bits per heavy atom. The molecule has 1 heterocycles. The van der Waals surface area contributed by atoms with E-state index in [1.165, 1.54) is 0 Å². The topological polar surface area (TPSA) is 95.4 Å². The standard InChI is InChI=1S/C20H22N4O2/c1-25-18-8-7-13(9-19(18)26-2)17-10-15(11-20(22)24-17)23-12-14-5-3-4-6-16(14)21/h3-11H,12,21H2,1-2H3,(H3,22,23,24). The van der Waals surface area contributed by atoms with E-state index in [1.54, 1.807) is 20.3 Å². The van der Waals surface area contributed by atoms with E-state index in [2.05, 4.69) is 10.3 Å². The molecule has 134 valence electrons. The minimum absolute atomic E-state index is 0.431. The second kappa shape index (κ2) is 7.65. The SMILES string of the molecule is COc1ccc(-c2cc(NCc3ccccc3N)cc(N)n2)cc1OC. The van der Waals surface area contributed by atoms with E-state index in [0.29, 0.717) is 23.9 Å². The van der Waals surface area contributed by atoms with Crippen LogP contribution in [0.15, 0.2) is 54.6 Å². The number of para-hydroxylation sites is 1. The summed E-state index contributed by atoms with van der Waals surface area (Å²) < 4.78 is 10.6. The summed E-state index contributed by atoms with van der Waals surface area (Å²) in [5, 5.41) is 3.35. The number of nitrogens with one attached hydrogen (secondary N) is 1. The summed E-state index contributed by atoms with van der Waals surface area (Å²) in [7, 11) is 3.21. The van der Waals surface area contributed by atoms with E-state index in [0.717, 1.165) is 28.2 Å². The van der Waals surface area contributed by atoms with Crippen molar-refractivity contribution >= 4 is 17.2 Å². The average Bonchev–Trinajstić information content (AvgIpc) is 2.66. The molecule has 0 aliphatic carbocycles. The van der Waals surface area contributed by atoms with Crippen LogP contribution in [0.5, 0.6) is 11.5 Å². The third-order valence-corrected chi connectivity index (χ3v) is 4.06. The van der Waals surface area contributed by atoms with Gasteiger partial charge in [-0.1, -0.05) is 18.2 Å². The number of aromatic nitrogens is 1. The fourth-order valence-corrected chi connectivity index (χ4v) is 2.69. The Bertz CT molecular complexity index is 912. The second-order valence-corrected chi connectivity index (χ2v) is 5.79. The van der Waals surface area contributed by atoms with Crippen LogP contribution in [0.1, 0.15) is 5.56 Å². The van der Waals surface area contributed by atoms with Crippen LogP contribution >= 0.6 is 0 Å². The van der Waals surface area contributed by atoms with E-state index in [9.17, 15) is 0 Å². The number of anilines is 3. The maximum Gasteiger partial charge on any atom is 0.161 e. The molecule has 6 nitrogen and oxygen atoms in total. The quantitative estimate of drug-likeness (QED) is 0.589. The summed E-state index contributed by atoms with van der Waals surface area (Å²) in [5.41, 5.74) is 16.3. The largest absolute Gasteiger partial charge is 0.493 e. The first-order valence-corrected chi connectivity index (χ1v) is 8.18. The van der Waals surface area contributed by atoms with E-state index in [-0.39, 0.29) is 0 Å². The fourth-order valence-electron chi connectivity index (χ4n) is 2.69. The molecule has 0 unspecified atom stereocenters. The minimum Gasteiger partial charge on any atom is -0.493 e. The van der Waals surface area contributed by atoms with Gasteiger partial charge in [0.1, 0.15) is 5.82 Å². The Hall–Kier alpha value is -3.41. The van der Waals surface area contributed by atoms with Crippen LogP contribution in [-0.2, 0) is 6.54 Å². The number of ether oxygens (including phenoxy) is 2. The molecule has 0 fully saturated rings. The molecule has 0 saturated carbocycles. The zero-order chi connectivity index (χ0) is 18.5. The van der Waals surface area contributed by atoms with E-state index >= 15 is 0 Å². The van der Waals surface area contributed by atoms with Gasteiger partial charge >= 0.3 is 0 Å². The van der Waals surface area contributed by atoms with Gasteiger partial charge in [-0.3, -0.25) is 0 Å². The molecule has 0 aliphatic rings. The van der Waals surface area contributed by atoms with Crippen molar-refractivity contribution in [1.82, 2.24) is 4.98 Å². The van der Waals surface area contributed by atoms with Crippen LogP contribution in [0.3, 0.4) is 0 Å². The molecule has 0 atom stereocenters. The molecule has 3 rings (SSSR count). The molecule has 0 amide bonds. The van der Waals surface area contributed by atoms with Gasteiger partial charge in [-0.15, -0.1) is 0 Å². The Morgan fingerprint density at radius 2 is 1.69 bits per heavy atom. The van der Waals surface area contributed by atoms with Gasteiger partial charge < -0.3 is 26.3 Å². The predicted octanol–water partition coefficient (Wildman–Crippen LogP) is 3.54. The first-order valence-electron chi connectivity index (χ1n) is 8.18. The Balaban J connectivity index is 1.87. The zero-order valence-corrected chi connectivity index (χ0v) is 14.8. The summed E-state index contributed by atoms with van der Waals surface area (Å²) in [5.74, 6) is 1.74. The number of benzene rings is 2. The van der Waals surface area contributed by atoms with Crippen LogP contribution in [0.2, 0.25) is 0 Å². The lowest BCUT2D eigenvalue weighted by Crippen LogP contribution is -2.04. The maximum atomic E-state index is 5.99. The fraction of sp³-hybridized carbons (Fsp3) is 0.150. The van der Waals surface area contributed by atoms with Crippen LogP contribution in [0.25, 0.3) is 11.3 Å². The normalized spacial score (nSPS) is 10.4. The number of nitrogen functional groups attached to an aromatic ring is 2. The van der Waals surface area contributed by atoms with E-state index < -0.39 is 0 Å². The molecule has 1 aromatic heterocycles. The van der Waals surface area contributed by atoms with Gasteiger partial charge in [0.15, 0.2) is 11.5 Å². The molecule has 0 bridgehead atoms. The van der Waals surface area contributed by atoms with Gasteiger partial charge in [0.25, 0.3) is 0 Å². The van der Waals surface area contributed by atoms with Crippen LogP contribution in [0.4, 0.5) is 17.2 Å². The van der Waals surface area contributed by atoms with Gasteiger partial charge in [-0.05, 0) is 35.9 Å². The summed E-state index contributed by atoms with van der Waals surface area (Å²) >= 11 is 0. The van der Waals surface area contributed by atoms with Crippen molar-refractivity contribution < 1.29 is 9.47 Å². The smallest absolute Gasteiger partial charge is 0.161 e. The third-order valence-electron chi connectivity index (χ3n) is 4.06.